The highest BCUT2D eigenvalue weighted by Crippen LogP contribution is 2.35. The maximum absolute atomic E-state index is 13.2. The van der Waals surface area contributed by atoms with E-state index in [-0.39, 0.29) is 5.91 Å². The van der Waals surface area contributed by atoms with Gasteiger partial charge in [0.15, 0.2) is 5.65 Å². The molecule has 8 heteroatoms. The zero-order valence-corrected chi connectivity index (χ0v) is 19.3. The molecule has 1 aliphatic rings. The van der Waals surface area contributed by atoms with E-state index in [1.165, 1.54) is 5.56 Å². The van der Waals surface area contributed by atoms with E-state index < -0.39 is 0 Å². The van der Waals surface area contributed by atoms with Gasteiger partial charge in [-0.05, 0) is 64.9 Å². The molecule has 4 aromatic rings. The molecule has 0 radical (unpaired) electrons. The fourth-order valence-corrected chi connectivity index (χ4v) is 4.63. The summed E-state index contributed by atoms with van der Waals surface area (Å²) < 4.78 is 3.44. The average molecular weight is 444 g/mol. The maximum atomic E-state index is 13.2. The molecule has 1 saturated carbocycles. The summed E-state index contributed by atoms with van der Waals surface area (Å²) in [4.78, 5) is 19.8. The van der Waals surface area contributed by atoms with E-state index >= 15 is 0 Å². The number of hydrogen-bond acceptors (Lipinski definition) is 5. The smallest absolute Gasteiger partial charge is 0.262 e. The number of carbonyl (C=O) groups is 1. The van der Waals surface area contributed by atoms with Gasteiger partial charge in [0, 0.05) is 30.4 Å². The first kappa shape index (κ1) is 21.3. The van der Waals surface area contributed by atoms with Crippen LogP contribution in [-0.4, -0.2) is 55.3 Å². The van der Waals surface area contributed by atoms with Crippen molar-refractivity contribution in [2.45, 2.75) is 44.6 Å². The second-order valence-electron chi connectivity index (χ2n) is 9.07. The molecule has 1 fully saturated rings. The van der Waals surface area contributed by atoms with Gasteiger partial charge in [0.25, 0.3) is 5.91 Å². The Bertz CT molecular complexity index is 1260. The summed E-state index contributed by atoms with van der Waals surface area (Å²) in [6.07, 6.45) is 9.49. The summed E-state index contributed by atoms with van der Waals surface area (Å²) in [6, 6.07) is 12.6. The molecular weight excluding hydrogens is 414 g/mol. The lowest BCUT2D eigenvalue weighted by Crippen LogP contribution is -2.31. The van der Waals surface area contributed by atoms with Crippen LogP contribution >= 0.6 is 0 Å². The molecule has 5 rings (SSSR count). The van der Waals surface area contributed by atoms with Gasteiger partial charge in [-0.3, -0.25) is 4.79 Å². The Labute approximate surface area is 193 Å². The molecule has 3 aromatic heterocycles. The summed E-state index contributed by atoms with van der Waals surface area (Å²) in [5.41, 5.74) is 4.08. The number of hydrogen-bond donors (Lipinski definition) is 1. The first-order valence-corrected chi connectivity index (χ1v) is 11.4. The summed E-state index contributed by atoms with van der Waals surface area (Å²) >= 11 is 0. The number of rotatable bonds is 5. The number of benzene rings is 1. The molecule has 170 valence electrons. The summed E-state index contributed by atoms with van der Waals surface area (Å²) in [6.45, 7) is 2.06. The molecule has 0 saturated heterocycles. The minimum Gasteiger partial charge on any atom is -0.306 e. The van der Waals surface area contributed by atoms with E-state index in [4.69, 9.17) is 5.10 Å². The van der Waals surface area contributed by atoms with Crippen molar-refractivity contribution in [3.63, 3.8) is 0 Å². The van der Waals surface area contributed by atoms with Crippen LogP contribution in [0.4, 0.5) is 5.82 Å². The number of carbonyl (C=O) groups excluding carboxylic acids is 1. The van der Waals surface area contributed by atoms with Crippen LogP contribution in [0.1, 0.15) is 53.2 Å². The zero-order chi connectivity index (χ0) is 22.9. The van der Waals surface area contributed by atoms with Gasteiger partial charge in [0.1, 0.15) is 11.4 Å². The Morgan fingerprint density at radius 2 is 1.88 bits per heavy atom. The zero-order valence-electron chi connectivity index (χ0n) is 19.3. The van der Waals surface area contributed by atoms with E-state index in [0.717, 1.165) is 37.1 Å². The van der Waals surface area contributed by atoms with Gasteiger partial charge in [-0.2, -0.15) is 10.2 Å². The molecule has 33 heavy (non-hydrogen) atoms. The van der Waals surface area contributed by atoms with Crippen molar-refractivity contribution in [3.05, 3.63) is 71.8 Å². The topological polar surface area (TPSA) is 80.4 Å². The van der Waals surface area contributed by atoms with E-state index in [0.29, 0.717) is 29.0 Å². The molecule has 3 heterocycles. The predicted molar refractivity (Wildman–Crippen MR) is 128 cm³/mol. The molecular formula is C25H29N7O. The van der Waals surface area contributed by atoms with Crippen molar-refractivity contribution in [3.8, 4) is 5.69 Å². The number of amides is 1. The van der Waals surface area contributed by atoms with Crippen molar-refractivity contribution < 1.29 is 4.79 Å². The second kappa shape index (κ2) is 8.78. The lowest BCUT2D eigenvalue weighted by molar-refractivity contribution is 0.102. The number of aryl methyl sites for hydroxylation is 1. The molecule has 0 unspecified atom stereocenters. The first-order valence-electron chi connectivity index (χ1n) is 11.4. The summed E-state index contributed by atoms with van der Waals surface area (Å²) in [5, 5.41) is 12.3. The van der Waals surface area contributed by atoms with Gasteiger partial charge in [-0.15, -0.1) is 0 Å². The molecule has 0 spiro atoms. The normalized spacial score (nSPS) is 18.7. The Morgan fingerprint density at radius 3 is 2.61 bits per heavy atom. The predicted octanol–water partition coefficient (Wildman–Crippen LogP) is 4.06. The largest absolute Gasteiger partial charge is 0.306 e. The van der Waals surface area contributed by atoms with E-state index in [1.54, 1.807) is 29.2 Å². The highest BCUT2D eigenvalue weighted by molar-refractivity contribution is 6.07. The van der Waals surface area contributed by atoms with Crippen LogP contribution < -0.4 is 5.32 Å². The Balaban J connectivity index is 1.46. The van der Waals surface area contributed by atoms with Crippen molar-refractivity contribution in [2.24, 2.45) is 0 Å². The number of nitrogens with zero attached hydrogens (tertiary/aromatic N) is 6. The standard InChI is InChI=1S/C25H29N7O/c1-17-5-9-20(10-6-17)32-23(15-22(29-32)18-7-11-19(12-8-18)30(2)3)28-25(33)21-16-27-31-14-4-13-26-24(21)31/h4-6,9-10,13-16,18-19H,7-8,11-12H2,1-3H3,(H,28,33). The van der Waals surface area contributed by atoms with Gasteiger partial charge in [0.05, 0.1) is 17.6 Å². The van der Waals surface area contributed by atoms with Crippen LogP contribution in [0.3, 0.4) is 0 Å². The third-order valence-corrected chi connectivity index (χ3v) is 6.62. The Morgan fingerprint density at radius 1 is 1.12 bits per heavy atom. The van der Waals surface area contributed by atoms with E-state index in [1.807, 2.05) is 22.9 Å². The van der Waals surface area contributed by atoms with E-state index in [9.17, 15) is 4.79 Å². The van der Waals surface area contributed by atoms with Crippen LogP contribution in [0.5, 0.6) is 0 Å². The number of anilines is 1. The molecule has 1 N–H and O–H groups in total. The molecule has 0 aliphatic heterocycles. The number of fused-ring (bicyclic) bond motifs is 1. The molecule has 0 bridgehead atoms. The molecule has 0 atom stereocenters. The first-order chi connectivity index (χ1) is 16.0. The van der Waals surface area contributed by atoms with Crippen molar-refractivity contribution in [1.29, 1.82) is 0 Å². The second-order valence-corrected chi connectivity index (χ2v) is 9.07. The summed E-state index contributed by atoms with van der Waals surface area (Å²) in [7, 11) is 4.31. The molecule has 1 amide bonds. The lowest BCUT2D eigenvalue weighted by atomic mass is 9.84. The quantitative estimate of drug-likeness (QED) is 0.503. The highest BCUT2D eigenvalue weighted by atomic mass is 16.1. The van der Waals surface area contributed by atoms with Crippen LogP contribution in [0, 0.1) is 6.92 Å². The monoisotopic (exact) mass is 443 g/mol. The van der Waals surface area contributed by atoms with Gasteiger partial charge in [-0.25, -0.2) is 14.2 Å². The summed E-state index contributed by atoms with van der Waals surface area (Å²) in [5.74, 6) is 0.797. The minimum atomic E-state index is -0.250. The fraction of sp³-hybridized carbons (Fsp3) is 0.360. The molecule has 1 aliphatic carbocycles. The lowest BCUT2D eigenvalue weighted by Gasteiger charge is -2.31. The van der Waals surface area contributed by atoms with Crippen LogP contribution in [0.15, 0.2) is 55.0 Å². The SMILES string of the molecule is Cc1ccc(-n2nc(C3CCC(N(C)C)CC3)cc2NC(=O)c2cnn3cccnc23)cc1. The van der Waals surface area contributed by atoms with Crippen molar-refractivity contribution >= 4 is 17.4 Å². The van der Waals surface area contributed by atoms with Gasteiger partial charge in [-0.1, -0.05) is 17.7 Å². The Hall–Kier alpha value is -3.52. The Kier molecular flexibility index (Phi) is 5.68. The molecule has 1 aromatic carbocycles. The third-order valence-electron chi connectivity index (χ3n) is 6.62. The average Bonchev–Trinajstić information content (AvgIpc) is 3.44. The number of nitrogens with one attached hydrogen (secondary N) is 1. The van der Waals surface area contributed by atoms with Gasteiger partial charge < -0.3 is 10.2 Å². The van der Waals surface area contributed by atoms with Crippen LogP contribution in [-0.2, 0) is 0 Å². The molecule has 8 nitrogen and oxygen atoms in total. The maximum Gasteiger partial charge on any atom is 0.262 e. The number of aromatic nitrogens is 5. The van der Waals surface area contributed by atoms with Gasteiger partial charge in [0.2, 0.25) is 0 Å². The van der Waals surface area contributed by atoms with Crippen LogP contribution in [0.25, 0.3) is 11.3 Å². The fourth-order valence-electron chi connectivity index (χ4n) is 4.63. The van der Waals surface area contributed by atoms with E-state index in [2.05, 4.69) is 53.5 Å². The highest BCUT2D eigenvalue weighted by Gasteiger charge is 2.27. The van der Waals surface area contributed by atoms with Gasteiger partial charge >= 0.3 is 0 Å². The van der Waals surface area contributed by atoms with Crippen molar-refractivity contribution in [2.75, 3.05) is 19.4 Å². The van der Waals surface area contributed by atoms with Crippen molar-refractivity contribution in [1.82, 2.24) is 29.3 Å². The minimum absolute atomic E-state index is 0.250. The third kappa shape index (κ3) is 4.26. The van der Waals surface area contributed by atoms with Crippen LogP contribution in [0.2, 0.25) is 0 Å².